The predicted molar refractivity (Wildman–Crippen MR) is 92.6 cm³/mol. The molecule has 0 unspecified atom stereocenters. The Labute approximate surface area is 150 Å². The number of nitriles is 1. The molecule has 0 bridgehead atoms. The number of terminal acetylenes is 1. The highest BCUT2D eigenvalue weighted by Gasteiger charge is 2.33. The molecule has 0 saturated carbocycles. The number of nitrogens with two attached hydrogens (primary N) is 1. The van der Waals surface area contributed by atoms with Gasteiger partial charge in [0.2, 0.25) is 12.7 Å². The van der Waals surface area contributed by atoms with Gasteiger partial charge in [-0.1, -0.05) is 18.1 Å². The summed E-state index contributed by atoms with van der Waals surface area (Å²) in [6.07, 6.45) is 5.21. The largest absolute Gasteiger partial charge is 0.481 e. The zero-order valence-corrected chi connectivity index (χ0v) is 13.7. The molecule has 2 heterocycles. The Morgan fingerprint density at radius 3 is 2.58 bits per heavy atom. The van der Waals surface area contributed by atoms with Crippen LogP contribution in [0, 0.1) is 23.7 Å². The first-order valence-electron chi connectivity index (χ1n) is 7.88. The smallest absolute Gasteiger partial charge is 0.231 e. The Bertz CT molecular complexity index is 981. The lowest BCUT2D eigenvalue weighted by Gasteiger charge is -2.26. The van der Waals surface area contributed by atoms with Crippen molar-refractivity contribution in [2.24, 2.45) is 5.73 Å². The topological polar surface area (TPSA) is 86.7 Å². The molecule has 2 aromatic rings. The van der Waals surface area contributed by atoms with Crippen LogP contribution in [-0.2, 0) is 0 Å². The van der Waals surface area contributed by atoms with Gasteiger partial charge in [-0.2, -0.15) is 5.26 Å². The van der Waals surface area contributed by atoms with Crippen LogP contribution in [-0.4, -0.2) is 13.4 Å². The number of ether oxygens (including phenoxy) is 4. The highest BCUT2D eigenvalue weighted by atomic mass is 16.7. The molecule has 0 spiro atoms. The normalized spacial score (nSPS) is 16.9. The average Bonchev–Trinajstić information content (AvgIpc) is 3.11. The summed E-state index contributed by atoms with van der Waals surface area (Å²) in [6.45, 7) is 0.345. The summed E-state index contributed by atoms with van der Waals surface area (Å²) in [4.78, 5) is 0. The van der Waals surface area contributed by atoms with E-state index in [1.165, 1.54) is 0 Å². The zero-order valence-electron chi connectivity index (χ0n) is 13.7. The number of hydrogen-bond acceptors (Lipinski definition) is 6. The lowest BCUT2D eigenvalue weighted by molar-refractivity contribution is 0.174. The van der Waals surface area contributed by atoms with Gasteiger partial charge in [-0.25, -0.2) is 0 Å². The number of allylic oxidation sites excluding steroid dienone is 1. The van der Waals surface area contributed by atoms with Crippen molar-refractivity contribution in [3.8, 4) is 41.4 Å². The van der Waals surface area contributed by atoms with Gasteiger partial charge < -0.3 is 24.7 Å². The van der Waals surface area contributed by atoms with E-state index < -0.39 is 0 Å². The maximum atomic E-state index is 9.61. The summed E-state index contributed by atoms with van der Waals surface area (Å²) >= 11 is 0. The Morgan fingerprint density at radius 1 is 1.15 bits per heavy atom. The maximum absolute atomic E-state index is 9.61. The van der Waals surface area contributed by atoms with Gasteiger partial charge >= 0.3 is 0 Å². The van der Waals surface area contributed by atoms with Crippen molar-refractivity contribution in [2.45, 2.75) is 5.92 Å². The van der Waals surface area contributed by atoms with Crippen LogP contribution in [0.1, 0.15) is 17.0 Å². The number of hydrogen-bond donors (Lipinski definition) is 1. The quantitative estimate of drug-likeness (QED) is 0.860. The molecule has 0 amide bonds. The maximum Gasteiger partial charge on any atom is 0.231 e. The van der Waals surface area contributed by atoms with Gasteiger partial charge in [-0.15, -0.1) is 6.42 Å². The highest BCUT2D eigenvalue weighted by Crippen LogP contribution is 2.47. The van der Waals surface area contributed by atoms with Crippen molar-refractivity contribution < 1.29 is 18.9 Å². The molecule has 0 fully saturated rings. The standard InChI is InChI=1S/C20H14N2O4/c1-2-7-23-13-5-3-12(4-6-13)19-14-8-17-18(25-11-24-17)9-16(14)26-20(22)15(19)10-21/h1,3-6,8-9,19H,7,11,22H2/t19-/m1/s1. The summed E-state index contributed by atoms with van der Waals surface area (Å²) in [7, 11) is 0. The van der Waals surface area contributed by atoms with Crippen molar-refractivity contribution in [2.75, 3.05) is 13.4 Å². The molecule has 6 nitrogen and oxygen atoms in total. The molecule has 0 aromatic heterocycles. The van der Waals surface area contributed by atoms with Gasteiger partial charge in [0.1, 0.15) is 29.7 Å². The SMILES string of the molecule is C#CCOc1ccc([C@H]2C(C#N)=C(N)Oc3cc4c(cc32)OCO4)cc1. The van der Waals surface area contributed by atoms with Gasteiger partial charge in [-0.05, 0) is 23.8 Å². The van der Waals surface area contributed by atoms with Crippen LogP contribution in [0.4, 0.5) is 0 Å². The predicted octanol–water partition coefficient (Wildman–Crippen LogP) is 2.65. The lowest BCUT2D eigenvalue weighted by atomic mass is 9.83. The summed E-state index contributed by atoms with van der Waals surface area (Å²) in [5, 5.41) is 9.61. The van der Waals surface area contributed by atoms with Crippen molar-refractivity contribution >= 4 is 0 Å². The minimum Gasteiger partial charge on any atom is -0.481 e. The first kappa shape index (κ1) is 15.7. The van der Waals surface area contributed by atoms with Gasteiger partial charge in [0.05, 0.1) is 5.92 Å². The van der Waals surface area contributed by atoms with Crippen LogP contribution in [0.5, 0.6) is 23.0 Å². The number of nitrogens with zero attached hydrogens (tertiary/aromatic N) is 1. The van der Waals surface area contributed by atoms with Crippen molar-refractivity contribution in [1.29, 1.82) is 5.26 Å². The average molecular weight is 346 g/mol. The summed E-state index contributed by atoms with van der Waals surface area (Å²) < 4.78 is 21.9. The first-order valence-corrected chi connectivity index (χ1v) is 7.88. The third-order valence-electron chi connectivity index (χ3n) is 4.25. The second-order valence-corrected chi connectivity index (χ2v) is 5.73. The second kappa shape index (κ2) is 6.27. The van der Waals surface area contributed by atoms with Crippen molar-refractivity contribution in [3.63, 3.8) is 0 Å². The van der Waals surface area contributed by atoms with E-state index in [-0.39, 0.29) is 25.2 Å². The van der Waals surface area contributed by atoms with Gasteiger partial charge in [0.15, 0.2) is 11.5 Å². The van der Waals surface area contributed by atoms with Gasteiger partial charge in [-0.3, -0.25) is 0 Å². The van der Waals surface area contributed by atoms with Gasteiger partial charge in [0, 0.05) is 11.6 Å². The molecule has 4 rings (SSSR count). The molecule has 26 heavy (non-hydrogen) atoms. The van der Waals surface area contributed by atoms with Crippen LogP contribution in [0.25, 0.3) is 0 Å². The van der Waals surface area contributed by atoms with E-state index in [9.17, 15) is 5.26 Å². The van der Waals surface area contributed by atoms with Crippen LogP contribution in [0.15, 0.2) is 47.9 Å². The van der Waals surface area contributed by atoms with E-state index in [1.807, 2.05) is 18.2 Å². The molecule has 2 aromatic carbocycles. The molecule has 1 atom stereocenters. The second-order valence-electron chi connectivity index (χ2n) is 5.73. The number of rotatable bonds is 3. The van der Waals surface area contributed by atoms with Gasteiger partial charge in [0.25, 0.3) is 0 Å². The third kappa shape index (κ3) is 2.54. The zero-order chi connectivity index (χ0) is 18.1. The Morgan fingerprint density at radius 2 is 1.88 bits per heavy atom. The molecular formula is C20H14N2O4. The molecule has 2 aliphatic rings. The van der Waals surface area contributed by atoms with Crippen LogP contribution in [0.3, 0.4) is 0 Å². The molecule has 2 N–H and O–H groups in total. The summed E-state index contributed by atoms with van der Waals surface area (Å²) in [6, 6.07) is 13.1. The molecule has 0 radical (unpaired) electrons. The van der Waals surface area contributed by atoms with Crippen LogP contribution >= 0.6 is 0 Å². The third-order valence-corrected chi connectivity index (χ3v) is 4.25. The van der Waals surface area contributed by atoms with E-state index in [2.05, 4.69) is 12.0 Å². The van der Waals surface area contributed by atoms with Crippen LogP contribution in [0.2, 0.25) is 0 Å². The Kier molecular flexibility index (Phi) is 3.79. The molecule has 6 heteroatoms. The molecule has 0 saturated heterocycles. The van der Waals surface area contributed by atoms with E-state index in [0.717, 1.165) is 11.1 Å². The van der Waals surface area contributed by atoms with E-state index >= 15 is 0 Å². The minimum absolute atomic E-state index is 0.0801. The van der Waals surface area contributed by atoms with E-state index in [0.29, 0.717) is 28.6 Å². The lowest BCUT2D eigenvalue weighted by Crippen LogP contribution is -2.21. The Balaban J connectivity index is 1.79. The molecule has 128 valence electrons. The van der Waals surface area contributed by atoms with Crippen LogP contribution < -0.4 is 24.7 Å². The fraction of sp³-hybridized carbons (Fsp3) is 0.150. The summed E-state index contributed by atoms with van der Waals surface area (Å²) in [5.41, 5.74) is 8.00. The number of fused-ring (bicyclic) bond motifs is 2. The monoisotopic (exact) mass is 346 g/mol. The molecule has 2 aliphatic heterocycles. The summed E-state index contributed by atoms with van der Waals surface area (Å²) in [5.74, 6) is 4.53. The van der Waals surface area contributed by atoms with E-state index in [4.69, 9.17) is 31.1 Å². The number of benzene rings is 2. The fourth-order valence-electron chi connectivity index (χ4n) is 3.07. The highest BCUT2D eigenvalue weighted by molar-refractivity contribution is 5.61. The van der Waals surface area contributed by atoms with E-state index in [1.54, 1.807) is 18.2 Å². The Hall–Kier alpha value is -3.77. The minimum atomic E-state index is -0.375. The first-order chi connectivity index (χ1) is 12.7. The van der Waals surface area contributed by atoms with Crippen molar-refractivity contribution in [1.82, 2.24) is 0 Å². The fourth-order valence-corrected chi connectivity index (χ4v) is 3.07. The molecular weight excluding hydrogens is 332 g/mol. The van der Waals surface area contributed by atoms with Crippen molar-refractivity contribution in [3.05, 3.63) is 59.0 Å². The molecule has 0 aliphatic carbocycles.